The molecule has 1 atom stereocenters. The van der Waals surface area contributed by atoms with E-state index in [2.05, 4.69) is 5.32 Å². The Balaban J connectivity index is 2.00. The molecule has 0 fully saturated rings. The molecule has 2 amide bonds. The van der Waals surface area contributed by atoms with Gasteiger partial charge in [0.15, 0.2) is 0 Å². The van der Waals surface area contributed by atoms with E-state index < -0.39 is 11.6 Å². The van der Waals surface area contributed by atoms with E-state index in [1.807, 2.05) is 107 Å². The first-order valence-electron chi connectivity index (χ1n) is 11.6. The quantitative estimate of drug-likeness (QED) is 0.450. The highest BCUT2D eigenvalue weighted by molar-refractivity contribution is 6.31. The lowest BCUT2D eigenvalue weighted by atomic mass is 9.99. The van der Waals surface area contributed by atoms with Gasteiger partial charge in [0.25, 0.3) is 0 Å². The molecule has 1 N–H and O–H groups in total. The molecule has 0 aliphatic rings. The number of nitrogens with zero attached hydrogens (tertiary/aromatic N) is 1. The van der Waals surface area contributed by atoms with Crippen LogP contribution in [0.15, 0.2) is 78.9 Å². The Kier molecular flexibility index (Phi) is 8.51. The summed E-state index contributed by atoms with van der Waals surface area (Å²) in [5, 5.41) is 3.66. The molecule has 0 radical (unpaired) electrons. The Morgan fingerprint density at radius 2 is 1.56 bits per heavy atom. The SMILES string of the molecule is Cc1cccc(CC(=O)N(Cc2ccccc2Cl)[C@H](Cc2ccccc2)C(=O)NC(C)(C)C)c1. The number of benzene rings is 3. The number of aryl methyl sites for hydroxylation is 1. The van der Waals surface area contributed by atoms with E-state index in [0.29, 0.717) is 11.4 Å². The van der Waals surface area contributed by atoms with Crippen LogP contribution in [0.1, 0.15) is 43.0 Å². The van der Waals surface area contributed by atoms with Gasteiger partial charge in [-0.3, -0.25) is 9.59 Å². The van der Waals surface area contributed by atoms with Gasteiger partial charge in [-0.2, -0.15) is 0 Å². The summed E-state index contributed by atoms with van der Waals surface area (Å²) in [5.41, 5.74) is 3.38. The van der Waals surface area contributed by atoms with Gasteiger partial charge >= 0.3 is 0 Å². The van der Waals surface area contributed by atoms with Crippen molar-refractivity contribution in [3.63, 3.8) is 0 Å². The van der Waals surface area contributed by atoms with E-state index >= 15 is 0 Å². The topological polar surface area (TPSA) is 49.4 Å². The van der Waals surface area contributed by atoms with Gasteiger partial charge in [0.1, 0.15) is 6.04 Å². The highest BCUT2D eigenvalue weighted by atomic mass is 35.5. The molecule has 3 aromatic rings. The van der Waals surface area contributed by atoms with E-state index in [0.717, 1.165) is 22.3 Å². The van der Waals surface area contributed by atoms with Crippen molar-refractivity contribution in [1.82, 2.24) is 10.2 Å². The molecule has 0 aliphatic heterocycles. The molecule has 5 heteroatoms. The number of carbonyl (C=O) groups is 2. The lowest BCUT2D eigenvalue weighted by Gasteiger charge is -2.34. The Labute approximate surface area is 207 Å². The fourth-order valence-electron chi connectivity index (χ4n) is 3.92. The Hall–Kier alpha value is -3.11. The predicted octanol–water partition coefficient (Wildman–Crippen LogP) is 5.75. The van der Waals surface area contributed by atoms with E-state index in [4.69, 9.17) is 11.6 Å². The molecule has 0 saturated carbocycles. The minimum atomic E-state index is -0.685. The van der Waals surface area contributed by atoms with Crippen molar-refractivity contribution in [3.05, 3.63) is 106 Å². The molecule has 0 saturated heterocycles. The molecular weight excluding hydrogens is 444 g/mol. The number of amides is 2. The number of carbonyl (C=O) groups excluding carboxylic acids is 2. The number of nitrogens with one attached hydrogen (secondary N) is 1. The van der Waals surface area contributed by atoms with E-state index in [1.165, 1.54) is 0 Å². The number of rotatable bonds is 8. The van der Waals surface area contributed by atoms with Crippen LogP contribution in [0, 0.1) is 6.92 Å². The molecule has 34 heavy (non-hydrogen) atoms. The van der Waals surface area contributed by atoms with Crippen molar-refractivity contribution >= 4 is 23.4 Å². The maximum atomic E-state index is 13.7. The minimum absolute atomic E-state index is 0.115. The van der Waals surface area contributed by atoms with E-state index in [9.17, 15) is 9.59 Å². The van der Waals surface area contributed by atoms with Gasteiger partial charge in [-0.1, -0.05) is 90.0 Å². The second kappa shape index (κ2) is 11.3. The van der Waals surface area contributed by atoms with Crippen molar-refractivity contribution in [2.75, 3.05) is 0 Å². The lowest BCUT2D eigenvalue weighted by Crippen LogP contribution is -2.54. The molecule has 0 aliphatic carbocycles. The standard InChI is InChI=1S/C29H33ClN2O2/c1-21-11-10-14-23(17-21)19-27(33)32(20-24-15-8-9-16-25(24)30)26(28(34)31-29(2,3)4)18-22-12-6-5-7-13-22/h5-17,26H,18-20H2,1-4H3,(H,31,34)/t26-/m1/s1. The van der Waals surface area contributed by atoms with E-state index in [1.54, 1.807) is 4.90 Å². The molecule has 0 aromatic heterocycles. The molecular formula is C29H33ClN2O2. The summed E-state index contributed by atoms with van der Waals surface area (Å²) in [4.78, 5) is 29.0. The van der Waals surface area contributed by atoms with Crippen LogP contribution in [0.3, 0.4) is 0 Å². The van der Waals surface area contributed by atoms with Crippen LogP contribution < -0.4 is 5.32 Å². The number of hydrogen-bond acceptors (Lipinski definition) is 2. The molecule has 0 bridgehead atoms. The number of hydrogen-bond donors (Lipinski definition) is 1. The van der Waals surface area contributed by atoms with Crippen molar-refractivity contribution in [2.24, 2.45) is 0 Å². The molecule has 0 heterocycles. The molecule has 178 valence electrons. The lowest BCUT2D eigenvalue weighted by molar-refractivity contribution is -0.141. The van der Waals surface area contributed by atoms with Crippen LogP contribution in [-0.2, 0) is 29.0 Å². The second-order valence-corrected chi connectivity index (χ2v) is 10.1. The van der Waals surface area contributed by atoms with Gasteiger partial charge in [0, 0.05) is 23.5 Å². The second-order valence-electron chi connectivity index (χ2n) is 9.72. The largest absolute Gasteiger partial charge is 0.350 e. The molecule has 3 rings (SSSR count). The smallest absolute Gasteiger partial charge is 0.243 e. The summed E-state index contributed by atoms with van der Waals surface area (Å²) in [6.07, 6.45) is 0.618. The maximum absolute atomic E-state index is 13.7. The van der Waals surface area contributed by atoms with Crippen LogP contribution in [0.5, 0.6) is 0 Å². The van der Waals surface area contributed by atoms with Crippen molar-refractivity contribution < 1.29 is 9.59 Å². The molecule has 0 spiro atoms. The summed E-state index contributed by atoms with van der Waals surface area (Å²) in [7, 11) is 0. The van der Waals surface area contributed by atoms with Gasteiger partial charge in [-0.15, -0.1) is 0 Å². The molecule has 0 unspecified atom stereocenters. The normalized spacial score (nSPS) is 12.1. The highest BCUT2D eigenvalue weighted by Crippen LogP contribution is 2.22. The predicted molar refractivity (Wildman–Crippen MR) is 139 cm³/mol. The first-order valence-corrected chi connectivity index (χ1v) is 11.9. The zero-order valence-electron chi connectivity index (χ0n) is 20.3. The van der Waals surface area contributed by atoms with Crippen molar-refractivity contribution in [1.29, 1.82) is 0 Å². The third-order valence-electron chi connectivity index (χ3n) is 5.51. The van der Waals surface area contributed by atoms with Crippen molar-refractivity contribution in [2.45, 2.75) is 58.7 Å². The molecule has 4 nitrogen and oxygen atoms in total. The summed E-state index contributed by atoms with van der Waals surface area (Å²) >= 11 is 6.47. The average molecular weight is 477 g/mol. The maximum Gasteiger partial charge on any atom is 0.243 e. The van der Waals surface area contributed by atoms with Gasteiger partial charge in [-0.05, 0) is 50.5 Å². The van der Waals surface area contributed by atoms with Gasteiger partial charge in [-0.25, -0.2) is 0 Å². The third-order valence-corrected chi connectivity index (χ3v) is 5.87. The Bertz CT molecular complexity index is 1120. The monoisotopic (exact) mass is 476 g/mol. The Morgan fingerprint density at radius 1 is 0.912 bits per heavy atom. The fraction of sp³-hybridized carbons (Fsp3) is 0.310. The summed E-state index contributed by atoms with van der Waals surface area (Å²) in [6.45, 7) is 8.08. The third kappa shape index (κ3) is 7.46. The van der Waals surface area contributed by atoms with Gasteiger partial charge < -0.3 is 10.2 Å². The fourth-order valence-corrected chi connectivity index (χ4v) is 4.11. The number of halogens is 1. The average Bonchev–Trinajstić information content (AvgIpc) is 2.77. The van der Waals surface area contributed by atoms with Gasteiger partial charge in [0.2, 0.25) is 11.8 Å². The molecule has 3 aromatic carbocycles. The van der Waals surface area contributed by atoms with Crippen LogP contribution in [0.2, 0.25) is 5.02 Å². The van der Waals surface area contributed by atoms with Crippen molar-refractivity contribution in [3.8, 4) is 0 Å². The summed E-state index contributed by atoms with van der Waals surface area (Å²) in [6, 6.07) is 24.5. The van der Waals surface area contributed by atoms with Crippen LogP contribution in [0.4, 0.5) is 0 Å². The van der Waals surface area contributed by atoms with E-state index in [-0.39, 0.29) is 24.8 Å². The zero-order chi connectivity index (χ0) is 24.7. The highest BCUT2D eigenvalue weighted by Gasteiger charge is 2.32. The minimum Gasteiger partial charge on any atom is -0.350 e. The van der Waals surface area contributed by atoms with Crippen LogP contribution in [-0.4, -0.2) is 28.3 Å². The van der Waals surface area contributed by atoms with Crippen LogP contribution >= 0.6 is 11.6 Å². The van der Waals surface area contributed by atoms with Gasteiger partial charge in [0.05, 0.1) is 6.42 Å². The first kappa shape index (κ1) is 25.5. The van der Waals surface area contributed by atoms with Crippen LogP contribution in [0.25, 0.3) is 0 Å². The summed E-state index contributed by atoms with van der Waals surface area (Å²) < 4.78 is 0. The summed E-state index contributed by atoms with van der Waals surface area (Å²) in [5.74, 6) is -0.295. The zero-order valence-corrected chi connectivity index (χ0v) is 21.1. The Morgan fingerprint density at radius 3 is 2.21 bits per heavy atom. The first-order chi connectivity index (χ1) is 16.1.